The van der Waals surface area contributed by atoms with Gasteiger partial charge in [0, 0.05) is 6.42 Å². The van der Waals surface area contributed by atoms with Crippen LogP contribution in [0.1, 0.15) is 64.4 Å². The molecule has 0 radical (unpaired) electrons. The summed E-state index contributed by atoms with van der Waals surface area (Å²) < 4.78 is 5.93. The summed E-state index contributed by atoms with van der Waals surface area (Å²) in [6.07, 6.45) is 3.65. The summed E-state index contributed by atoms with van der Waals surface area (Å²) in [6, 6.07) is 9.38. The fourth-order valence-corrected chi connectivity index (χ4v) is 4.33. The van der Waals surface area contributed by atoms with Crippen molar-refractivity contribution in [3.63, 3.8) is 0 Å². The van der Waals surface area contributed by atoms with Crippen LogP contribution in [0.2, 0.25) is 0 Å². The lowest BCUT2D eigenvalue weighted by atomic mass is 9.74. The second-order valence-electron chi connectivity index (χ2n) is 8.41. The van der Waals surface area contributed by atoms with Crippen molar-refractivity contribution < 1.29 is 29.3 Å². The molecule has 1 aliphatic rings. The highest BCUT2D eigenvalue weighted by molar-refractivity contribution is 5.82. The maximum atomic E-state index is 13.1. The largest absolute Gasteiger partial charge is 0.481 e. The number of ether oxygens (including phenoxy) is 1. The van der Waals surface area contributed by atoms with Gasteiger partial charge < -0.3 is 14.9 Å². The first kappa shape index (κ1) is 22.9. The van der Waals surface area contributed by atoms with Gasteiger partial charge in [0.15, 0.2) is 0 Å². The Morgan fingerprint density at radius 1 is 1.10 bits per heavy atom. The molecule has 1 aromatic rings. The van der Waals surface area contributed by atoms with E-state index in [1.165, 1.54) is 0 Å². The predicted molar refractivity (Wildman–Crippen MR) is 108 cm³/mol. The molecule has 1 saturated carbocycles. The van der Waals surface area contributed by atoms with Crippen molar-refractivity contribution in [2.75, 3.05) is 0 Å². The Kier molecular flexibility index (Phi) is 8.23. The van der Waals surface area contributed by atoms with Crippen molar-refractivity contribution in [3.8, 4) is 0 Å². The van der Waals surface area contributed by atoms with Gasteiger partial charge in [0.2, 0.25) is 0 Å². The molecule has 1 fully saturated rings. The number of benzene rings is 1. The van der Waals surface area contributed by atoms with Crippen LogP contribution in [0.5, 0.6) is 0 Å². The molecule has 2 N–H and O–H groups in total. The lowest BCUT2D eigenvalue weighted by Crippen LogP contribution is -2.44. The van der Waals surface area contributed by atoms with Crippen LogP contribution in [0.3, 0.4) is 0 Å². The van der Waals surface area contributed by atoms with Gasteiger partial charge in [-0.3, -0.25) is 14.4 Å². The van der Waals surface area contributed by atoms with E-state index in [9.17, 15) is 24.6 Å². The van der Waals surface area contributed by atoms with Crippen LogP contribution in [-0.4, -0.2) is 33.7 Å². The van der Waals surface area contributed by atoms with Crippen LogP contribution in [0, 0.1) is 17.8 Å². The highest BCUT2D eigenvalue weighted by atomic mass is 16.6. The molecule has 0 bridgehead atoms. The van der Waals surface area contributed by atoms with Gasteiger partial charge in [0.25, 0.3) is 0 Å². The van der Waals surface area contributed by atoms with Crippen molar-refractivity contribution in [1.29, 1.82) is 0 Å². The summed E-state index contributed by atoms with van der Waals surface area (Å²) in [4.78, 5) is 36.5. The van der Waals surface area contributed by atoms with Gasteiger partial charge in [-0.15, -0.1) is 0 Å². The summed E-state index contributed by atoms with van der Waals surface area (Å²) in [5.74, 6) is -3.85. The quantitative estimate of drug-likeness (QED) is 0.564. The summed E-state index contributed by atoms with van der Waals surface area (Å²) in [5.41, 5.74) is -0.281. The number of carboxylic acid groups (broad SMARTS) is 2. The van der Waals surface area contributed by atoms with Gasteiger partial charge in [-0.05, 0) is 43.6 Å². The number of esters is 1. The van der Waals surface area contributed by atoms with Gasteiger partial charge in [0.05, 0.1) is 18.3 Å². The minimum Gasteiger partial charge on any atom is -0.481 e. The normalized spacial score (nSPS) is 23.7. The fraction of sp³-hybridized carbons (Fsp3) is 0.609. The van der Waals surface area contributed by atoms with Crippen LogP contribution in [0.25, 0.3) is 0 Å². The Bertz CT molecular complexity index is 701. The molecule has 1 aromatic carbocycles. The van der Waals surface area contributed by atoms with Crippen LogP contribution in [0.15, 0.2) is 30.3 Å². The monoisotopic (exact) mass is 404 g/mol. The van der Waals surface area contributed by atoms with Gasteiger partial charge in [0.1, 0.15) is 5.60 Å². The van der Waals surface area contributed by atoms with Crippen molar-refractivity contribution in [2.45, 2.75) is 70.8 Å². The molecule has 0 amide bonds. The zero-order valence-corrected chi connectivity index (χ0v) is 17.3. The molecule has 0 heterocycles. The van der Waals surface area contributed by atoms with Gasteiger partial charge in [-0.2, -0.15) is 0 Å². The molecule has 4 atom stereocenters. The number of hydrogen-bond acceptors (Lipinski definition) is 4. The van der Waals surface area contributed by atoms with Crippen LogP contribution in [0.4, 0.5) is 0 Å². The minimum absolute atomic E-state index is 0.244. The molecule has 1 aliphatic carbocycles. The molecule has 160 valence electrons. The van der Waals surface area contributed by atoms with E-state index in [1.54, 1.807) is 0 Å². The molecule has 4 unspecified atom stereocenters. The van der Waals surface area contributed by atoms with E-state index in [1.807, 2.05) is 44.2 Å². The Hall–Kier alpha value is -2.37. The molecule has 6 heteroatoms. The molecular formula is C23H32O6. The Morgan fingerprint density at radius 2 is 1.79 bits per heavy atom. The molecular weight excluding hydrogens is 372 g/mol. The molecule has 0 aliphatic heterocycles. The minimum atomic E-state index is -1.17. The van der Waals surface area contributed by atoms with Gasteiger partial charge in [-0.1, -0.05) is 50.6 Å². The molecule has 0 aromatic heterocycles. The van der Waals surface area contributed by atoms with E-state index in [0.717, 1.165) is 24.8 Å². The first-order valence-electron chi connectivity index (χ1n) is 10.5. The second kappa shape index (κ2) is 10.4. The number of carbonyl (C=O) groups is 3. The summed E-state index contributed by atoms with van der Waals surface area (Å²) in [7, 11) is 0. The average Bonchev–Trinajstić information content (AvgIpc) is 2.66. The fourth-order valence-electron chi connectivity index (χ4n) is 4.33. The van der Waals surface area contributed by atoms with E-state index < -0.39 is 35.3 Å². The number of hydrogen-bond donors (Lipinski definition) is 2. The lowest BCUT2D eigenvalue weighted by molar-refractivity contribution is -0.177. The van der Waals surface area contributed by atoms with Crippen LogP contribution >= 0.6 is 0 Å². The highest BCUT2D eigenvalue weighted by Crippen LogP contribution is 2.37. The number of rotatable bonds is 10. The first-order chi connectivity index (χ1) is 13.8. The van der Waals surface area contributed by atoms with Gasteiger partial charge >= 0.3 is 17.9 Å². The molecule has 2 rings (SSSR count). The smallest absolute Gasteiger partial charge is 0.310 e. The predicted octanol–water partition coefficient (Wildman–Crippen LogP) is 4.31. The van der Waals surface area contributed by atoms with Crippen LogP contribution in [-0.2, 0) is 25.5 Å². The summed E-state index contributed by atoms with van der Waals surface area (Å²) in [6.45, 7) is 3.99. The van der Waals surface area contributed by atoms with E-state index in [-0.39, 0.29) is 12.3 Å². The van der Waals surface area contributed by atoms with E-state index in [0.29, 0.717) is 25.7 Å². The maximum Gasteiger partial charge on any atom is 0.310 e. The molecule has 29 heavy (non-hydrogen) atoms. The second-order valence-corrected chi connectivity index (χ2v) is 8.41. The van der Waals surface area contributed by atoms with Crippen molar-refractivity contribution >= 4 is 17.9 Å². The topological polar surface area (TPSA) is 101 Å². The Balaban J connectivity index is 2.29. The van der Waals surface area contributed by atoms with Crippen LogP contribution < -0.4 is 0 Å². The van der Waals surface area contributed by atoms with E-state index in [2.05, 4.69) is 0 Å². The number of carbonyl (C=O) groups excluding carboxylic acids is 1. The molecule has 6 nitrogen and oxygen atoms in total. The number of unbranched alkanes of at least 4 members (excludes halogenated alkanes) is 1. The first-order valence-corrected chi connectivity index (χ1v) is 10.5. The molecule has 0 spiro atoms. The van der Waals surface area contributed by atoms with Crippen molar-refractivity contribution in [1.82, 2.24) is 0 Å². The van der Waals surface area contributed by atoms with E-state index in [4.69, 9.17) is 4.74 Å². The Morgan fingerprint density at radius 3 is 2.38 bits per heavy atom. The van der Waals surface area contributed by atoms with Crippen molar-refractivity contribution in [2.24, 2.45) is 17.8 Å². The highest BCUT2D eigenvalue weighted by Gasteiger charge is 2.43. The Labute approximate surface area is 172 Å². The van der Waals surface area contributed by atoms with Crippen molar-refractivity contribution in [3.05, 3.63) is 35.9 Å². The zero-order valence-electron chi connectivity index (χ0n) is 17.3. The van der Waals surface area contributed by atoms with E-state index >= 15 is 0 Å². The zero-order chi connectivity index (χ0) is 21.4. The van der Waals surface area contributed by atoms with Gasteiger partial charge in [-0.25, -0.2) is 0 Å². The molecule has 0 saturated heterocycles. The number of carboxylic acids is 2. The summed E-state index contributed by atoms with van der Waals surface area (Å²) in [5, 5.41) is 19.1. The average molecular weight is 405 g/mol. The third kappa shape index (κ3) is 6.58. The third-order valence-corrected chi connectivity index (χ3v) is 5.88. The third-order valence-electron chi connectivity index (χ3n) is 5.88. The lowest BCUT2D eigenvalue weighted by Gasteiger charge is -2.37. The SMILES string of the molecule is CCCCC(CC(=O)O)(Cc1ccccc1)OC(=O)C1CCC(C)CC1C(=O)O. The standard InChI is InChI=1S/C23H32O6/c1-3-4-12-23(15-20(24)25,14-17-8-6-5-7-9-17)29-22(28)18-11-10-16(2)13-19(18)21(26)27/h5-9,16,18-19H,3-4,10-15H2,1-2H3,(H,24,25)(H,26,27). The maximum absolute atomic E-state index is 13.1. The number of aliphatic carboxylic acids is 2. The summed E-state index contributed by atoms with van der Waals surface area (Å²) >= 11 is 0.